The molecule has 0 radical (unpaired) electrons. The van der Waals surface area contributed by atoms with E-state index in [0.29, 0.717) is 6.54 Å². The molecule has 2 nitrogen and oxygen atoms in total. The van der Waals surface area contributed by atoms with E-state index in [1.807, 2.05) is 31.2 Å². The average Bonchev–Trinajstić information content (AvgIpc) is 2.38. The lowest BCUT2D eigenvalue weighted by atomic mass is 10.1. The summed E-state index contributed by atoms with van der Waals surface area (Å²) in [6.07, 6.45) is -5.19. The Bertz CT molecular complexity index is 398. The molecule has 1 rings (SSSR count). The van der Waals surface area contributed by atoms with Crippen molar-refractivity contribution < 1.29 is 17.9 Å². The summed E-state index contributed by atoms with van der Waals surface area (Å²) in [6, 6.07) is 7.59. The zero-order valence-electron chi connectivity index (χ0n) is 11.3. The van der Waals surface area contributed by atoms with E-state index in [4.69, 9.17) is 4.74 Å². The maximum atomic E-state index is 12.1. The van der Waals surface area contributed by atoms with Gasteiger partial charge in [0.2, 0.25) is 0 Å². The molecule has 1 unspecified atom stereocenters. The van der Waals surface area contributed by atoms with Crippen molar-refractivity contribution >= 4 is 15.9 Å². The van der Waals surface area contributed by atoms with Gasteiger partial charge in [-0.1, -0.05) is 41.1 Å². The average molecular weight is 354 g/mol. The van der Waals surface area contributed by atoms with Gasteiger partial charge >= 0.3 is 6.18 Å². The Morgan fingerprint density at radius 1 is 1.30 bits per heavy atom. The Morgan fingerprint density at radius 2 is 2.00 bits per heavy atom. The van der Waals surface area contributed by atoms with Gasteiger partial charge in [0.25, 0.3) is 0 Å². The highest BCUT2D eigenvalue weighted by Gasteiger charge is 2.26. The van der Waals surface area contributed by atoms with Crippen molar-refractivity contribution in [3.8, 4) is 0 Å². The molecule has 0 aliphatic carbocycles. The van der Waals surface area contributed by atoms with Gasteiger partial charge in [0.1, 0.15) is 0 Å². The summed E-state index contributed by atoms with van der Waals surface area (Å²) in [7, 11) is 0. The standard InChI is InChI=1S/C14H19BrF3NO/c1-2-19-10-13(11-6-3-4-7-12(11)15)20-9-5-8-14(16,17)18/h3-4,6-7,13,19H,2,5,8-10H2,1H3. The van der Waals surface area contributed by atoms with Crippen molar-refractivity contribution in [1.29, 1.82) is 0 Å². The third kappa shape index (κ3) is 6.72. The summed E-state index contributed by atoms with van der Waals surface area (Å²) in [5, 5.41) is 3.16. The fourth-order valence-corrected chi connectivity index (χ4v) is 2.31. The summed E-state index contributed by atoms with van der Waals surface area (Å²) < 4.78 is 42.8. The fraction of sp³-hybridized carbons (Fsp3) is 0.571. The van der Waals surface area contributed by atoms with Gasteiger partial charge in [-0.15, -0.1) is 0 Å². The van der Waals surface area contributed by atoms with Crippen LogP contribution in [0.25, 0.3) is 0 Å². The van der Waals surface area contributed by atoms with Crippen LogP contribution in [0.15, 0.2) is 28.7 Å². The molecule has 0 spiro atoms. The van der Waals surface area contributed by atoms with Gasteiger partial charge in [0, 0.05) is 24.0 Å². The number of hydrogen-bond acceptors (Lipinski definition) is 2. The van der Waals surface area contributed by atoms with Crippen LogP contribution in [0.2, 0.25) is 0 Å². The van der Waals surface area contributed by atoms with Crippen molar-refractivity contribution in [2.24, 2.45) is 0 Å². The van der Waals surface area contributed by atoms with Gasteiger partial charge in [-0.05, 0) is 24.6 Å². The quantitative estimate of drug-likeness (QED) is 0.696. The predicted molar refractivity (Wildman–Crippen MR) is 76.7 cm³/mol. The molecule has 0 fully saturated rings. The van der Waals surface area contributed by atoms with Crippen LogP contribution in [0.4, 0.5) is 13.2 Å². The molecule has 1 aromatic carbocycles. The lowest BCUT2D eigenvalue weighted by Gasteiger charge is -2.20. The minimum Gasteiger partial charge on any atom is -0.372 e. The molecule has 1 atom stereocenters. The highest BCUT2D eigenvalue weighted by Crippen LogP contribution is 2.27. The highest BCUT2D eigenvalue weighted by atomic mass is 79.9. The monoisotopic (exact) mass is 353 g/mol. The number of alkyl halides is 3. The summed E-state index contributed by atoms with van der Waals surface area (Å²) in [4.78, 5) is 0. The van der Waals surface area contributed by atoms with Gasteiger partial charge in [0.15, 0.2) is 0 Å². The molecule has 0 heterocycles. The molecule has 1 aromatic rings. The Labute approximate surface area is 125 Å². The Morgan fingerprint density at radius 3 is 2.60 bits per heavy atom. The van der Waals surface area contributed by atoms with Crippen LogP contribution in [0, 0.1) is 0 Å². The third-order valence-electron chi connectivity index (χ3n) is 2.76. The number of ether oxygens (including phenoxy) is 1. The SMILES string of the molecule is CCNCC(OCCCC(F)(F)F)c1ccccc1Br. The number of rotatable bonds is 8. The molecule has 0 amide bonds. The molecule has 0 aliphatic rings. The topological polar surface area (TPSA) is 21.3 Å². The lowest BCUT2D eigenvalue weighted by Crippen LogP contribution is -2.24. The van der Waals surface area contributed by atoms with E-state index in [9.17, 15) is 13.2 Å². The van der Waals surface area contributed by atoms with Gasteiger partial charge in [0.05, 0.1) is 6.10 Å². The number of nitrogens with one attached hydrogen (secondary N) is 1. The van der Waals surface area contributed by atoms with Crippen LogP contribution >= 0.6 is 15.9 Å². The Kier molecular flexibility index (Phi) is 7.55. The van der Waals surface area contributed by atoms with Crippen LogP contribution in [-0.4, -0.2) is 25.9 Å². The maximum Gasteiger partial charge on any atom is 0.389 e. The van der Waals surface area contributed by atoms with Crippen molar-refractivity contribution in [1.82, 2.24) is 5.32 Å². The van der Waals surface area contributed by atoms with Crippen LogP contribution in [0.3, 0.4) is 0 Å². The number of likely N-dealkylation sites (N-methyl/N-ethyl adjacent to an activating group) is 1. The van der Waals surface area contributed by atoms with E-state index in [-0.39, 0.29) is 19.1 Å². The van der Waals surface area contributed by atoms with Gasteiger partial charge in [-0.3, -0.25) is 0 Å². The first-order chi connectivity index (χ1) is 9.44. The van der Waals surface area contributed by atoms with Crippen LogP contribution < -0.4 is 5.32 Å². The minimum absolute atomic E-state index is 0.0173. The first-order valence-electron chi connectivity index (χ1n) is 6.57. The molecule has 0 saturated carbocycles. The van der Waals surface area contributed by atoms with E-state index < -0.39 is 12.6 Å². The molecule has 0 saturated heterocycles. The summed E-state index contributed by atoms with van der Waals surface area (Å²) in [5.41, 5.74) is 0.945. The Hall–Kier alpha value is -0.590. The number of hydrogen-bond donors (Lipinski definition) is 1. The largest absolute Gasteiger partial charge is 0.389 e. The van der Waals surface area contributed by atoms with E-state index in [0.717, 1.165) is 16.6 Å². The second kappa shape index (κ2) is 8.64. The van der Waals surface area contributed by atoms with Crippen LogP contribution in [-0.2, 0) is 4.74 Å². The van der Waals surface area contributed by atoms with Crippen molar-refractivity contribution in [3.63, 3.8) is 0 Å². The smallest absolute Gasteiger partial charge is 0.372 e. The maximum absolute atomic E-state index is 12.1. The molecule has 6 heteroatoms. The first kappa shape index (κ1) is 17.5. The fourth-order valence-electron chi connectivity index (χ4n) is 1.77. The molecular formula is C14H19BrF3NO. The predicted octanol–water partition coefficient (Wildman–Crippen LogP) is 4.46. The minimum atomic E-state index is -4.12. The van der Waals surface area contributed by atoms with Gasteiger partial charge in [-0.25, -0.2) is 0 Å². The second-order valence-corrected chi connectivity index (χ2v) is 5.26. The highest BCUT2D eigenvalue weighted by molar-refractivity contribution is 9.10. The summed E-state index contributed by atoms with van der Waals surface area (Å²) in [6.45, 7) is 3.43. The molecule has 0 bridgehead atoms. The molecule has 114 valence electrons. The van der Waals surface area contributed by atoms with Gasteiger partial charge < -0.3 is 10.1 Å². The molecular weight excluding hydrogens is 335 g/mol. The molecule has 0 aromatic heterocycles. The van der Waals surface area contributed by atoms with Crippen molar-refractivity contribution in [2.45, 2.75) is 32.0 Å². The van der Waals surface area contributed by atoms with E-state index >= 15 is 0 Å². The number of halogens is 4. The second-order valence-electron chi connectivity index (χ2n) is 4.41. The van der Waals surface area contributed by atoms with E-state index in [2.05, 4.69) is 21.2 Å². The zero-order valence-corrected chi connectivity index (χ0v) is 12.9. The third-order valence-corrected chi connectivity index (χ3v) is 3.48. The first-order valence-corrected chi connectivity index (χ1v) is 7.37. The zero-order chi connectivity index (χ0) is 15.0. The van der Waals surface area contributed by atoms with E-state index in [1.165, 1.54) is 0 Å². The van der Waals surface area contributed by atoms with Crippen molar-refractivity contribution in [2.75, 3.05) is 19.7 Å². The van der Waals surface area contributed by atoms with Crippen LogP contribution in [0.1, 0.15) is 31.4 Å². The number of benzene rings is 1. The Balaban J connectivity index is 2.55. The van der Waals surface area contributed by atoms with E-state index in [1.54, 1.807) is 0 Å². The molecule has 0 aliphatic heterocycles. The van der Waals surface area contributed by atoms with Crippen molar-refractivity contribution in [3.05, 3.63) is 34.3 Å². The molecule has 20 heavy (non-hydrogen) atoms. The molecule has 1 N–H and O–H groups in total. The summed E-state index contributed by atoms with van der Waals surface area (Å²) in [5.74, 6) is 0. The van der Waals surface area contributed by atoms with Gasteiger partial charge in [-0.2, -0.15) is 13.2 Å². The van der Waals surface area contributed by atoms with Crippen LogP contribution in [0.5, 0.6) is 0 Å². The lowest BCUT2D eigenvalue weighted by molar-refractivity contribution is -0.138. The summed E-state index contributed by atoms with van der Waals surface area (Å²) >= 11 is 3.44. The normalized spacial score (nSPS) is 13.4.